The fourth-order valence-corrected chi connectivity index (χ4v) is 3.53. The lowest BCUT2D eigenvalue weighted by molar-refractivity contribution is -0.118. The number of nitrogens with two attached hydrogens (primary N) is 1. The minimum Gasteiger partial charge on any atom is -0.508 e. The van der Waals surface area contributed by atoms with Crippen molar-refractivity contribution in [3.63, 3.8) is 0 Å². The number of hydrogen-bond acceptors (Lipinski definition) is 8. The highest BCUT2D eigenvalue weighted by atomic mass is 16.5. The first-order valence-electron chi connectivity index (χ1n) is 8.74. The number of aryl methyl sites for hydroxylation is 1. The maximum absolute atomic E-state index is 12.8. The lowest BCUT2D eigenvalue weighted by Crippen LogP contribution is -2.39. The molecule has 5 N–H and O–H groups in total. The van der Waals surface area contributed by atoms with Crippen molar-refractivity contribution in [1.82, 2.24) is 10.4 Å². The predicted molar refractivity (Wildman–Crippen MR) is 103 cm³/mol. The number of carbonyl (C=O) groups is 1. The van der Waals surface area contributed by atoms with E-state index in [0.29, 0.717) is 35.0 Å². The zero-order chi connectivity index (χ0) is 20.4. The van der Waals surface area contributed by atoms with Gasteiger partial charge in [-0.15, -0.1) is 0 Å². The van der Waals surface area contributed by atoms with Gasteiger partial charge in [0, 0.05) is 17.5 Å². The average molecular weight is 382 g/mol. The van der Waals surface area contributed by atoms with Crippen LogP contribution in [0.2, 0.25) is 0 Å². The third kappa shape index (κ3) is 3.05. The van der Waals surface area contributed by atoms with Gasteiger partial charge in [0.05, 0.1) is 29.3 Å². The van der Waals surface area contributed by atoms with Crippen molar-refractivity contribution in [3.05, 3.63) is 58.4 Å². The molecule has 1 amide bonds. The quantitative estimate of drug-likeness (QED) is 0.356. The van der Waals surface area contributed by atoms with Gasteiger partial charge >= 0.3 is 0 Å². The number of benzene rings is 1. The summed E-state index contributed by atoms with van der Waals surface area (Å²) in [5.41, 5.74) is 12.4. The van der Waals surface area contributed by atoms with Crippen molar-refractivity contribution < 1.29 is 14.6 Å². The third-order valence-electron chi connectivity index (χ3n) is 4.73. The van der Waals surface area contributed by atoms with E-state index >= 15 is 0 Å². The number of carbonyl (C=O) groups excluding carboxylic acids is 1. The van der Waals surface area contributed by atoms with E-state index in [0.717, 1.165) is 5.56 Å². The number of nitrogens with zero attached hydrogens (tertiary/aromatic N) is 3. The van der Waals surface area contributed by atoms with Gasteiger partial charge in [-0.3, -0.25) is 9.80 Å². The van der Waals surface area contributed by atoms with Crippen LogP contribution in [0.25, 0.3) is 0 Å². The lowest BCUT2D eigenvalue weighted by atomic mass is 9.79. The summed E-state index contributed by atoms with van der Waals surface area (Å²) in [6.07, 6.45) is 1.66. The number of allylic oxidation sites excluding steroid dienone is 1. The Hall–Kier alpha value is -3.46. The molecule has 0 saturated carbocycles. The van der Waals surface area contributed by atoms with Gasteiger partial charge in [0.25, 0.3) is 5.91 Å². The van der Waals surface area contributed by atoms with Crippen LogP contribution < -0.4 is 21.0 Å². The molecule has 0 bridgehead atoms. The molecular formula is C19H22N6O3. The number of hydrazine groups is 1. The summed E-state index contributed by atoms with van der Waals surface area (Å²) in [6, 6.07) is 6.75. The molecule has 9 nitrogen and oxygen atoms in total. The standard InChI is InChI=1S/C19H22N6O3/c1-4-28-19-16-15(12-7-5-6-8-13(12)26)14(18(27)23-24-20)11(3)25(21)17(16)10(2)9-22-19/h5-9,15,26H,4,21H2,1-3H3,(H2,20,23,27). The number of anilines is 1. The summed E-state index contributed by atoms with van der Waals surface area (Å²) in [4.78, 5) is 17.2. The molecule has 9 heteroatoms. The normalized spacial score (nSPS) is 15.9. The van der Waals surface area contributed by atoms with Gasteiger partial charge in [-0.2, -0.15) is 5.53 Å². The Morgan fingerprint density at radius 1 is 1.43 bits per heavy atom. The van der Waals surface area contributed by atoms with Crippen molar-refractivity contribution in [3.8, 4) is 11.6 Å². The number of amides is 1. The number of aromatic nitrogens is 1. The molecular weight excluding hydrogens is 360 g/mol. The average Bonchev–Trinajstić information content (AvgIpc) is 2.67. The van der Waals surface area contributed by atoms with E-state index in [1.807, 2.05) is 13.8 Å². The number of hydrogen-bond donors (Lipinski definition) is 4. The second-order valence-electron chi connectivity index (χ2n) is 6.36. The van der Waals surface area contributed by atoms with E-state index < -0.39 is 11.8 Å². The minimum absolute atomic E-state index is 0.0220. The Morgan fingerprint density at radius 2 is 2.14 bits per heavy atom. The van der Waals surface area contributed by atoms with Gasteiger partial charge in [0.2, 0.25) is 5.88 Å². The number of rotatable bonds is 5. The Morgan fingerprint density at radius 3 is 2.79 bits per heavy atom. The number of para-hydroxylation sites is 1. The first kappa shape index (κ1) is 19.3. The van der Waals surface area contributed by atoms with E-state index in [1.165, 1.54) is 5.01 Å². The number of fused-ring (bicyclic) bond motifs is 1. The van der Waals surface area contributed by atoms with Crippen LogP contribution in [0.1, 0.15) is 36.5 Å². The van der Waals surface area contributed by atoms with E-state index in [1.54, 1.807) is 37.4 Å². The Kier molecular flexibility index (Phi) is 5.27. The first-order valence-corrected chi connectivity index (χ1v) is 8.74. The zero-order valence-electron chi connectivity index (χ0n) is 15.9. The van der Waals surface area contributed by atoms with Crippen molar-refractivity contribution in [2.75, 3.05) is 11.6 Å². The number of pyridine rings is 1. The van der Waals surface area contributed by atoms with Crippen LogP contribution in [-0.2, 0) is 4.79 Å². The summed E-state index contributed by atoms with van der Waals surface area (Å²) in [5.74, 6) is 5.38. The predicted octanol–water partition coefficient (Wildman–Crippen LogP) is 2.66. The Balaban J connectivity index is 2.39. The van der Waals surface area contributed by atoms with Crippen molar-refractivity contribution in [2.45, 2.75) is 26.7 Å². The van der Waals surface area contributed by atoms with Gasteiger partial charge in [-0.05, 0) is 32.4 Å². The fourth-order valence-electron chi connectivity index (χ4n) is 3.53. The van der Waals surface area contributed by atoms with Crippen LogP contribution >= 0.6 is 0 Å². The molecule has 2 heterocycles. The van der Waals surface area contributed by atoms with Crippen molar-refractivity contribution in [2.24, 2.45) is 11.1 Å². The molecule has 0 saturated heterocycles. The molecule has 0 radical (unpaired) electrons. The van der Waals surface area contributed by atoms with Gasteiger partial charge < -0.3 is 9.84 Å². The van der Waals surface area contributed by atoms with Crippen molar-refractivity contribution >= 4 is 11.6 Å². The Bertz CT molecular complexity index is 972. The molecule has 0 spiro atoms. The maximum atomic E-state index is 12.8. The highest BCUT2D eigenvalue weighted by Gasteiger charge is 2.39. The van der Waals surface area contributed by atoms with Gasteiger partial charge in [-0.25, -0.2) is 16.3 Å². The van der Waals surface area contributed by atoms with Crippen LogP contribution in [0.15, 0.2) is 47.0 Å². The fraction of sp³-hybridized carbons (Fsp3) is 0.263. The topological polar surface area (TPSA) is 137 Å². The van der Waals surface area contributed by atoms with Crippen molar-refractivity contribution in [1.29, 1.82) is 5.53 Å². The first-order chi connectivity index (χ1) is 13.4. The Labute approximate surface area is 162 Å². The minimum atomic E-state index is -0.702. The molecule has 1 unspecified atom stereocenters. The number of aromatic hydroxyl groups is 1. The van der Waals surface area contributed by atoms with Crippen LogP contribution in [0, 0.1) is 12.5 Å². The molecule has 1 atom stereocenters. The number of phenolic OH excluding ortho intramolecular Hbond substituents is 1. The van der Waals surface area contributed by atoms with Gasteiger partial charge in [0.1, 0.15) is 5.75 Å². The van der Waals surface area contributed by atoms with Crippen LogP contribution in [0.5, 0.6) is 11.6 Å². The highest BCUT2D eigenvalue weighted by molar-refractivity contribution is 5.99. The third-order valence-corrected chi connectivity index (χ3v) is 4.73. The second-order valence-corrected chi connectivity index (χ2v) is 6.36. The van der Waals surface area contributed by atoms with Crippen LogP contribution in [0.3, 0.4) is 0 Å². The molecule has 0 fully saturated rings. The van der Waals surface area contributed by atoms with E-state index in [4.69, 9.17) is 16.1 Å². The summed E-state index contributed by atoms with van der Waals surface area (Å²) in [5, 5.41) is 14.9. The summed E-state index contributed by atoms with van der Waals surface area (Å²) < 4.78 is 5.73. The highest BCUT2D eigenvalue weighted by Crippen LogP contribution is 2.50. The number of phenols is 1. The molecule has 1 aromatic carbocycles. The molecule has 1 aromatic heterocycles. The molecule has 0 aliphatic carbocycles. The number of ether oxygens (including phenoxy) is 1. The summed E-state index contributed by atoms with van der Waals surface area (Å²) in [6.45, 7) is 5.77. The number of nitrogens with one attached hydrogen (secondary N) is 2. The monoisotopic (exact) mass is 382 g/mol. The SMILES string of the molecule is CCOc1ncc(C)c2c1C(c1ccccc1O)C(C(=O)NN=N)=C(C)N2N. The van der Waals surface area contributed by atoms with Gasteiger partial charge in [0.15, 0.2) is 0 Å². The molecule has 146 valence electrons. The molecule has 1 aliphatic rings. The molecule has 3 rings (SSSR count). The van der Waals surface area contributed by atoms with Crippen LogP contribution in [-0.4, -0.2) is 22.6 Å². The molecule has 28 heavy (non-hydrogen) atoms. The second kappa shape index (κ2) is 7.65. The van der Waals surface area contributed by atoms with E-state index in [-0.39, 0.29) is 11.3 Å². The maximum Gasteiger partial charge on any atom is 0.271 e. The summed E-state index contributed by atoms with van der Waals surface area (Å²) >= 11 is 0. The van der Waals surface area contributed by atoms with E-state index in [2.05, 4.69) is 15.6 Å². The van der Waals surface area contributed by atoms with Gasteiger partial charge in [-0.1, -0.05) is 23.4 Å². The summed E-state index contributed by atoms with van der Waals surface area (Å²) in [7, 11) is 0. The smallest absolute Gasteiger partial charge is 0.271 e. The molecule has 1 aliphatic heterocycles. The van der Waals surface area contributed by atoms with E-state index in [9.17, 15) is 9.90 Å². The van der Waals surface area contributed by atoms with Crippen LogP contribution in [0.4, 0.5) is 5.69 Å². The zero-order valence-corrected chi connectivity index (χ0v) is 15.9. The lowest BCUT2D eigenvalue weighted by Gasteiger charge is -2.36. The largest absolute Gasteiger partial charge is 0.508 e. The molecule has 2 aromatic rings.